The van der Waals surface area contributed by atoms with Crippen LogP contribution in [0.15, 0.2) is 53.5 Å². The summed E-state index contributed by atoms with van der Waals surface area (Å²) in [5, 5.41) is 10.8. The van der Waals surface area contributed by atoms with Crippen LogP contribution in [-0.2, 0) is 0 Å². The Balaban J connectivity index is 1.42. The van der Waals surface area contributed by atoms with Crippen molar-refractivity contribution in [3.8, 4) is 28.6 Å². The molecule has 4 rings (SSSR count). The number of carbonyl (C=O) groups is 1. The van der Waals surface area contributed by atoms with Gasteiger partial charge in [0.15, 0.2) is 5.88 Å². The number of hydrogen-bond donors (Lipinski definition) is 2. The van der Waals surface area contributed by atoms with Crippen LogP contribution in [0.4, 0.5) is 0 Å². The summed E-state index contributed by atoms with van der Waals surface area (Å²) < 4.78 is 12.2. The van der Waals surface area contributed by atoms with E-state index in [-0.39, 0.29) is 24.0 Å². The molecule has 6 heteroatoms. The summed E-state index contributed by atoms with van der Waals surface area (Å²) in [7, 11) is 0. The molecule has 2 N–H and O–H groups in total. The molecule has 214 valence electrons. The maximum absolute atomic E-state index is 13.0. The highest BCUT2D eigenvalue weighted by Gasteiger charge is 2.33. The zero-order valence-corrected chi connectivity index (χ0v) is 24.5. The standard InChI is InChI=1S/C34H44N2O4/c1-5-7-9-11-13-23(3)39-27-19-15-25(16-20-27)31-29-30(34(38)35-31)32(36-33(29)37)26-17-21-28(22-18-26)40-24(4)14-12-10-8-6-2/h15-24,35,38H,5-14H2,1-4H3. The van der Waals surface area contributed by atoms with E-state index in [1.54, 1.807) is 0 Å². The molecule has 0 saturated heterocycles. The topological polar surface area (TPSA) is 83.9 Å². The molecule has 3 aromatic rings. The number of benzene rings is 2. The molecule has 0 spiro atoms. The van der Waals surface area contributed by atoms with Crippen molar-refractivity contribution in [3.05, 3.63) is 65.2 Å². The third kappa shape index (κ3) is 7.35. The first-order valence-corrected chi connectivity index (χ1v) is 15.0. The van der Waals surface area contributed by atoms with Gasteiger partial charge in [0.2, 0.25) is 0 Å². The normalized spacial score (nSPS) is 14.1. The maximum Gasteiger partial charge on any atom is 0.280 e. The third-order valence-corrected chi connectivity index (χ3v) is 7.52. The van der Waals surface area contributed by atoms with Crippen molar-refractivity contribution < 1.29 is 19.4 Å². The van der Waals surface area contributed by atoms with Gasteiger partial charge in [-0.2, -0.15) is 0 Å². The number of carbonyl (C=O) groups excluding carboxylic acids is 1. The van der Waals surface area contributed by atoms with Crippen LogP contribution < -0.4 is 9.47 Å². The number of aromatic nitrogens is 1. The van der Waals surface area contributed by atoms with Crippen molar-refractivity contribution in [1.29, 1.82) is 0 Å². The number of rotatable bonds is 16. The fraction of sp³-hybridized carbons (Fsp3) is 0.471. The number of nitrogens with zero attached hydrogens (tertiary/aromatic N) is 1. The van der Waals surface area contributed by atoms with E-state index in [1.165, 1.54) is 44.9 Å². The largest absolute Gasteiger partial charge is 0.494 e. The number of nitrogens with one attached hydrogen (secondary N) is 1. The number of fused-ring (bicyclic) bond motifs is 1. The summed E-state index contributed by atoms with van der Waals surface area (Å²) in [4.78, 5) is 20.3. The number of aromatic amines is 1. The predicted octanol–water partition coefficient (Wildman–Crippen LogP) is 8.85. The molecule has 2 aromatic carbocycles. The van der Waals surface area contributed by atoms with Crippen LogP contribution in [0.25, 0.3) is 11.3 Å². The van der Waals surface area contributed by atoms with E-state index in [0.29, 0.717) is 22.5 Å². The van der Waals surface area contributed by atoms with Gasteiger partial charge in [0.05, 0.1) is 34.7 Å². The second kappa shape index (κ2) is 14.2. The molecule has 2 atom stereocenters. The molecule has 0 radical (unpaired) electrons. The Kier molecular flexibility index (Phi) is 10.5. The molecule has 1 amide bonds. The van der Waals surface area contributed by atoms with Gasteiger partial charge in [0.25, 0.3) is 5.91 Å². The maximum atomic E-state index is 13.0. The first-order chi connectivity index (χ1) is 19.4. The highest BCUT2D eigenvalue weighted by molar-refractivity contribution is 6.30. The smallest absolute Gasteiger partial charge is 0.280 e. The molecular weight excluding hydrogens is 500 g/mol. The van der Waals surface area contributed by atoms with Crippen LogP contribution in [0, 0.1) is 0 Å². The zero-order valence-electron chi connectivity index (χ0n) is 24.5. The van der Waals surface area contributed by atoms with Gasteiger partial charge in [-0.1, -0.05) is 52.4 Å². The van der Waals surface area contributed by atoms with Crippen molar-refractivity contribution in [3.63, 3.8) is 0 Å². The van der Waals surface area contributed by atoms with E-state index in [2.05, 4.69) is 37.7 Å². The number of ether oxygens (including phenoxy) is 2. The number of aromatic hydroxyl groups is 1. The number of amides is 1. The second-order valence-electron chi connectivity index (χ2n) is 11.0. The molecule has 0 saturated carbocycles. The summed E-state index contributed by atoms with van der Waals surface area (Å²) in [6, 6.07) is 15.2. The minimum atomic E-state index is -0.362. The van der Waals surface area contributed by atoms with E-state index in [1.807, 2.05) is 48.5 Å². The van der Waals surface area contributed by atoms with Crippen molar-refractivity contribution in [2.45, 2.75) is 104 Å². The quantitative estimate of drug-likeness (QED) is 0.176. The molecule has 1 aliphatic heterocycles. The molecule has 1 aromatic heterocycles. The number of hydrogen-bond acceptors (Lipinski definition) is 4. The van der Waals surface area contributed by atoms with E-state index < -0.39 is 0 Å². The molecule has 2 heterocycles. The van der Waals surface area contributed by atoms with Gasteiger partial charge in [-0.25, -0.2) is 4.99 Å². The zero-order chi connectivity index (χ0) is 28.5. The highest BCUT2D eigenvalue weighted by Crippen LogP contribution is 2.38. The van der Waals surface area contributed by atoms with Gasteiger partial charge in [-0.3, -0.25) is 4.79 Å². The van der Waals surface area contributed by atoms with Gasteiger partial charge in [0, 0.05) is 5.56 Å². The lowest BCUT2D eigenvalue weighted by Gasteiger charge is -2.15. The fourth-order valence-corrected chi connectivity index (χ4v) is 5.26. The summed E-state index contributed by atoms with van der Waals surface area (Å²) in [5.74, 6) is 1.16. The van der Waals surface area contributed by atoms with E-state index >= 15 is 0 Å². The monoisotopic (exact) mass is 544 g/mol. The second-order valence-corrected chi connectivity index (χ2v) is 11.0. The molecule has 6 nitrogen and oxygen atoms in total. The van der Waals surface area contributed by atoms with Crippen LogP contribution in [-0.4, -0.2) is 33.9 Å². The number of unbranched alkanes of at least 4 members (excludes halogenated alkanes) is 6. The molecular formula is C34H44N2O4. The lowest BCUT2D eigenvalue weighted by Crippen LogP contribution is -2.11. The Morgan fingerprint density at radius 1 is 0.725 bits per heavy atom. The van der Waals surface area contributed by atoms with Gasteiger partial charge in [-0.05, 0) is 93.6 Å². The Bertz CT molecular complexity index is 1270. The summed E-state index contributed by atoms with van der Waals surface area (Å²) >= 11 is 0. The average Bonchev–Trinajstić information content (AvgIpc) is 3.48. The van der Waals surface area contributed by atoms with Crippen LogP contribution >= 0.6 is 0 Å². The van der Waals surface area contributed by atoms with Crippen molar-refractivity contribution in [2.75, 3.05) is 0 Å². The van der Waals surface area contributed by atoms with Gasteiger partial charge in [-0.15, -0.1) is 0 Å². The molecule has 2 unspecified atom stereocenters. The molecule has 0 aliphatic carbocycles. The fourth-order valence-electron chi connectivity index (χ4n) is 5.26. The van der Waals surface area contributed by atoms with Crippen LogP contribution in [0.1, 0.15) is 113 Å². The highest BCUT2D eigenvalue weighted by atomic mass is 16.5. The third-order valence-electron chi connectivity index (χ3n) is 7.52. The Hall–Kier alpha value is -3.54. The number of H-pyrrole nitrogens is 1. The van der Waals surface area contributed by atoms with E-state index in [4.69, 9.17) is 9.47 Å². The Morgan fingerprint density at radius 2 is 1.23 bits per heavy atom. The molecule has 40 heavy (non-hydrogen) atoms. The van der Waals surface area contributed by atoms with E-state index in [9.17, 15) is 9.90 Å². The summed E-state index contributed by atoms with van der Waals surface area (Å²) in [6.07, 6.45) is 12.1. The first-order valence-electron chi connectivity index (χ1n) is 15.0. The number of aliphatic imine (C=N–C) groups is 1. The van der Waals surface area contributed by atoms with Gasteiger partial charge >= 0.3 is 0 Å². The molecule has 0 bridgehead atoms. The first kappa shape index (κ1) is 29.4. The van der Waals surface area contributed by atoms with E-state index in [0.717, 1.165) is 41.9 Å². The minimum absolute atomic E-state index is 0.0587. The summed E-state index contributed by atoms with van der Waals surface area (Å²) in [6.45, 7) is 8.62. The molecule has 1 aliphatic rings. The lowest BCUT2D eigenvalue weighted by molar-refractivity contribution is 0.101. The van der Waals surface area contributed by atoms with Gasteiger partial charge < -0.3 is 19.6 Å². The Labute approximate surface area is 238 Å². The van der Waals surface area contributed by atoms with Crippen molar-refractivity contribution in [1.82, 2.24) is 4.98 Å². The minimum Gasteiger partial charge on any atom is -0.494 e. The van der Waals surface area contributed by atoms with Gasteiger partial charge in [0.1, 0.15) is 11.5 Å². The van der Waals surface area contributed by atoms with Crippen molar-refractivity contribution in [2.24, 2.45) is 4.99 Å². The predicted molar refractivity (Wildman–Crippen MR) is 162 cm³/mol. The van der Waals surface area contributed by atoms with Crippen LogP contribution in [0.2, 0.25) is 0 Å². The lowest BCUT2D eigenvalue weighted by atomic mass is 10.00. The van der Waals surface area contributed by atoms with Crippen LogP contribution in [0.3, 0.4) is 0 Å². The average molecular weight is 545 g/mol. The molecule has 0 fully saturated rings. The van der Waals surface area contributed by atoms with Crippen molar-refractivity contribution >= 4 is 11.6 Å². The summed E-state index contributed by atoms with van der Waals surface area (Å²) in [5.41, 5.74) is 3.42. The van der Waals surface area contributed by atoms with Crippen LogP contribution in [0.5, 0.6) is 17.4 Å². The SMILES string of the molecule is CCCCCCC(C)Oc1ccc(C2=NC(=O)c3c(-c4ccc(OC(C)CCCCCC)cc4)[nH]c(O)c32)cc1. The Morgan fingerprint density at radius 3 is 1.73 bits per heavy atom.